The van der Waals surface area contributed by atoms with Crippen molar-refractivity contribution in [3.63, 3.8) is 0 Å². The number of ether oxygens (including phenoxy) is 1. The van der Waals surface area contributed by atoms with E-state index < -0.39 is 15.9 Å². The van der Waals surface area contributed by atoms with Crippen molar-refractivity contribution in [1.29, 1.82) is 0 Å². The molecule has 0 radical (unpaired) electrons. The molecule has 1 aliphatic rings. The van der Waals surface area contributed by atoms with Gasteiger partial charge in [0, 0.05) is 25.3 Å². The predicted octanol–water partition coefficient (Wildman–Crippen LogP) is 2.48. The maximum atomic E-state index is 13.0. The Morgan fingerprint density at radius 1 is 0.909 bits per heavy atom. The van der Waals surface area contributed by atoms with Crippen LogP contribution < -0.4 is 10.6 Å². The highest BCUT2D eigenvalue weighted by molar-refractivity contribution is 7.89. The SMILES string of the molecule is O=C(Nc1ccc(CNC(=O)c2ccccc2S(=O)(=O)N2CCOCC2)cc1)c1ccco1. The van der Waals surface area contributed by atoms with Gasteiger partial charge in [0.15, 0.2) is 5.76 Å². The summed E-state index contributed by atoms with van der Waals surface area (Å²) >= 11 is 0. The molecule has 0 aliphatic carbocycles. The Labute approximate surface area is 191 Å². The zero-order valence-electron chi connectivity index (χ0n) is 17.7. The molecule has 2 heterocycles. The lowest BCUT2D eigenvalue weighted by Gasteiger charge is -2.26. The van der Waals surface area contributed by atoms with E-state index in [2.05, 4.69) is 10.6 Å². The number of rotatable bonds is 7. The van der Waals surface area contributed by atoms with Crippen LogP contribution in [0.25, 0.3) is 0 Å². The van der Waals surface area contributed by atoms with Crippen LogP contribution >= 0.6 is 0 Å². The molecule has 1 fully saturated rings. The minimum Gasteiger partial charge on any atom is -0.459 e. The van der Waals surface area contributed by atoms with Crippen LogP contribution in [0.5, 0.6) is 0 Å². The van der Waals surface area contributed by atoms with Crippen LogP contribution in [0.4, 0.5) is 5.69 Å². The molecule has 4 rings (SSSR count). The summed E-state index contributed by atoms with van der Waals surface area (Å²) in [6.45, 7) is 1.34. The zero-order valence-corrected chi connectivity index (χ0v) is 18.5. The number of furan rings is 1. The first-order valence-electron chi connectivity index (χ1n) is 10.3. The first kappa shape index (κ1) is 22.7. The standard InChI is InChI=1S/C23H23N3O6S/c27-22(19-4-1-2-6-21(19)33(29,30)26-11-14-31-15-12-26)24-16-17-7-9-18(10-8-17)25-23(28)20-5-3-13-32-20/h1-10,13H,11-12,14-16H2,(H,24,27)(H,25,28). The van der Waals surface area contributed by atoms with Crippen LogP contribution in [0, 0.1) is 0 Å². The van der Waals surface area contributed by atoms with Gasteiger partial charge in [-0.15, -0.1) is 0 Å². The summed E-state index contributed by atoms with van der Waals surface area (Å²) in [7, 11) is -3.81. The summed E-state index contributed by atoms with van der Waals surface area (Å²) < 4.78 is 37.7. The van der Waals surface area contributed by atoms with Crippen molar-refractivity contribution in [2.24, 2.45) is 0 Å². The molecule has 0 atom stereocenters. The molecule has 0 bridgehead atoms. The third kappa shape index (κ3) is 5.30. The van der Waals surface area contributed by atoms with Crippen molar-refractivity contribution in [1.82, 2.24) is 9.62 Å². The fourth-order valence-electron chi connectivity index (χ4n) is 3.39. The average Bonchev–Trinajstić information content (AvgIpc) is 3.39. The summed E-state index contributed by atoms with van der Waals surface area (Å²) in [5.74, 6) is -0.645. The molecule has 33 heavy (non-hydrogen) atoms. The lowest BCUT2D eigenvalue weighted by molar-refractivity contribution is 0.0729. The molecule has 9 nitrogen and oxygen atoms in total. The van der Waals surface area contributed by atoms with Crippen LogP contribution in [0.15, 0.2) is 76.2 Å². The third-order valence-corrected chi connectivity index (χ3v) is 7.09. The van der Waals surface area contributed by atoms with E-state index in [4.69, 9.17) is 9.15 Å². The Hall–Kier alpha value is -3.47. The second kappa shape index (κ2) is 9.99. The van der Waals surface area contributed by atoms with E-state index in [1.54, 1.807) is 48.5 Å². The average molecular weight is 470 g/mol. The molecular formula is C23H23N3O6S. The van der Waals surface area contributed by atoms with Crippen molar-refractivity contribution in [2.75, 3.05) is 31.6 Å². The molecule has 2 aromatic carbocycles. The monoisotopic (exact) mass is 469 g/mol. The van der Waals surface area contributed by atoms with Crippen molar-refractivity contribution >= 4 is 27.5 Å². The van der Waals surface area contributed by atoms with Gasteiger partial charge in [-0.2, -0.15) is 4.31 Å². The van der Waals surface area contributed by atoms with E-state index >= 15 is 0 Å². The molecule has 2 N–H and O–H groups in total. The van der Waals surface area contributed by atoms with Gasteiger partial charge in [-0.3, -0.25) is 9.59 Å². The smallest absolute Gasteiger partial charge is 0.291 e. The molecule has 3 aromatic rings. The maximum Gasteiger partial charge on any atom is 0.291 e. The van der Waals surface area contributed by atoms with Gasteiger partial charge in [0.25, 0.3) is 11.8 Å². The van der Waals surface area contributed by atoms with Gasteiger partial charge >= 0.3 is 0 Å². The molecule has 2 amide bonds. The summed E-state index contributed by atoms with van der Waals surface area (Å²) in [6, 6.07) is 16.3. The number of carbonyl (C=O) groups excluding carboxylic acids is 2. The van der Waals surface area contributed by atoms with Crippen LogP contribution in [0.1, 0.15) is 26.5 Å². The second-order valence-electron chi connectivity index (χ2n) is 7.32. The quantitative estimate of drug-likeness (QED) is 0.549. The molecule has 0 unspecified atom stereocenters. The molecular weight excluding hydrogens is 446 g/mol. The number of anilines is 1. The summed E-state index contributed by atoms with van der Waals surface area (Å²) in [6.07, 6.45) is 1.42. The van der Waals surface area contributed by atoms with Gasteiger partial charge in [-0.1, -0.05) is 24.3 Å². The third-order valence-electron chi connectivity index (χ3n) is 5.13. The van der Waals surface area contributed by atoms with Crippen LogP contribution in [0.2, 0.25) is 0 Å². The van der Waals surface area contributed by atoms with E-state index in [0.29, 0.717) is 18.9 Å². The van der Waals surface area contributed by atoms with E-state index in [1.807, 2.05) is 0 Å². The minimum absolute atomic E-state index is 0.0274. The summed E-state index contributed by atoms with van der Waals surface area (Å²) in [5, 5.41) is 5.48. The topological polar surface area (TPSA) is 118 Å². The number of morpholine rings is 1. The van der Waals surface area contributed by atoms with Gasteiger partial charge in [-0.05, 0) is 42.0 Å². The van der Waals surface area contributed by atoms with Crippen molar-refractivity contribution in [3.05, 3.63) is 83.8 Å². The Morgan fingerprint density at radius 2 is 1.64 bits per heavy atom. The van der Waals surface area contributed by atoms with Crippen LogP contribution in [0.3, 0.4) is 0 Å². The molecule has 0 spiro atoms. The molecule has 172 valence electrons. The lowest BCUT2D eigenvalue weighted by atomic mass is 10.1. The number of nitrogens with one attached hydrogen (secondary N) is 2. The molecule has 1 saturated heterocycles. The van der Waals surface area contributed by atoms with Gasteiger partial charge < -0.3 is 19.8 Å². The van der Waals surface area contributed by atoms with Crippen LogP contribution in [-0.4, -0.2) is 50.8 Å². The highest BCUT2D eigenvalue weighted by Gasteiger charge is 2.30. The lowest BCUT2D eigenvalue weighted by Crippen LogP contribution is -2.41. The van der Waals surface area contributed by atoms with E-state index in [0.717, 1.165) is 5.56 Å². The highest BCUT2D eigenvalue weighted by Crippen LogP contribution is 2.21. The first-order chi connectivity index (χ1) is 15.9. The molecule has 10 heteroatoms. The van der Waals surface area contributed by atoms with Gasteiger partial charge in [-0.25, -0.2) is 8.42 Å². The predicted molar refractivity (Wildman–Crippen MR) is 120 cm³/mol. The molecule has 1 aromatic heterocycles. The Morgan fingerprint density at radius 3 is 2.33 bits per heavy atom. The number of hydrogen-bond acceptors (Lipinski definition) is 6. The number of benzene rings is 2. The van der Waals surface area contributed by atoms with Crippen molar-refractivity contribution < 1.29 is 27.2 Å². The van der Waals surface area contributed by atoms with Crippen molar-refractivity contribution in [2.45, 2.75) is 11.4 Å². The highest BCUT2D eigenvalue weighted by atomic mass is 32.2. The number of nitrogens with zero attached hydrogens (tertiary/aromatic N) is 1. The van der Waals surface area contributed by atoms with Gasteiger partial charge in [0.2, 0.25) is 10.0 Å². The second-order valence-corrected chi connectivity index (χ2v) is 9.23. The van der Waals surface area contributed by atoms with Gasteiger partial charge in [0.1, 0.15) is 0 Å². The normalized spacial score (nSPS) is 14.5. The van der Waals surface area contributed by atoms with E-state index in [9.17, 15) is 18.0 Å². The number of sulfonamides is 1. The van der Waals surface area contributed by atoms with E-state index in [1.165, 1.54) is 22.7 Å². The number of carbonyl (C=O) groups is 2. The fourth-order valence-corrected chi connectivity index (χ4v) is 4.99. The molecule has 1 aliphatic heterocycles. The summed E-state index contributed by atoms with van der Waals surface area (Å²) in [5.41, 5.74) is 1.45. The zero-order chi connectivity index (χ0) is 23.3. The van der Waals surface area contributed by atoms with E-state index in [-0.39, 0.29) is 41.8 Å². The number of amides is 2. The largest absolute Gasteiger partial charge is 0.459 e. The first-order valence-corrected chi connectivity index (χ1v) is 11.8. The maximum absolute atomic E-state index is 13.0. The Bertz CT molecular complexity index is 1220. The van der Waals surface area contributed by atoms with Gasteiger partial charge in [0.05, 0.1) is 29.9 Å². The number of hydrogen-bond donors (Lipinski definition) is 2. The van der Waals surface area contributed by atoms with Crippen molar-refractivity contribution in [3.8, 4) is 0 Å². The fraction of sp³-hybridized carbons (Fsp3) is 0.217. The molecule has 0 saturated carbocycles. The minimum atomic E-state index is -3.81. The Kier molecular flexibility index (Phi) is 6.87. The summed E-state index contributed by atoms with van der Waals surface area (Å²) in [4.78, 5) is 24.8. The van der Waals surface area contributed by atoms with Crippen LogP contribution in [-0.2, 0) is 21.3 Å². The Balaban J connectivity index is 1.41.